The highest BCUT2D eigenvalue weighted by molar-refractivity contribution is 7.99. The van der Waals surface area contributed by atoms with Crippen LogP contribution in [0.3, 0.4) is 0 Å². The average molecular weight is 516 g/mol. The minimum Gasteiger partial charge on any atom is -0.463 e. The molecular weight excluding hydrogens is 485 g/mol. The fraction of sp³-hybridized carbons (Fsp3) is 0.583. The van der Waals surface area contributed by atoms with Crippen LogP contribution in [0.25, 0.3) is 0 Å². The minimum atomic E-state index is -1.05. The zero-order valence-corrected chi connectivity index (χ0v) is 21.4. The van der Waals surface area contributed by atoms with E-state index in [2.05, 4.69) is 5.32 Å². The number of carbonyl (C=O) groups excluding carboxylic acids is 2. The number of ether oxygens (including phenoxy) is 4. The van der Waals surface area contributed by atoms with Crippen molar-refractivity contribution in [1.29, 1.82) is 0 Å². The second-order valence-electron chi connectivity index (χ2n) is 9.14. The predicted octanol–water partition coefficient (Wildman–Crippen LogP) is 5.00. The molecule has 1 aliphatic heterocycles. The van der Waals surface area contributed by atoms with E-state index in [1.807, 2.05) is 0 Å². The summed E-state index contributed by atoms with van der Waals surface area (Å²) in [6, 6.07) is 4.29. The van der Waals surface area contributed by atoms with Gasteiger partial charge in [-0.1, -0.05) is 17.7 Å². The van der Waals surface area contributed by atoms with Crippen LogP contribution in [0.5, 0.6) is 0 Å². The number of halogens is 2. The van der Waals surface area contributed by atoms with Gasteiger partial charge in [0.1, 0.15) is 17.5 Å². The zero-order chi connectivity index (χ0) is 24.9. The second-order valence-corrected chi connectivity index (χ2v) is 10.7. The van der Waals surface area contributed by atoms with Crippen LogP contribution in [0.1, 0.15) is 46.1 Å². The van der Waals surface area contributed by atoms with Crippen LogP contribution >= 0.6 is 23.4 Å². The fourth-order valence-corrected chi connectivity index (χ4v) is 5.27. The molecule has 1 heterocycles. The Morgan fingerprint density at radius 1 is 1.35 bits per heavy atom. The molecule has 1 aromatic rings. The summed E-state index contributed by atoms with van der Waals surface area (Å²) in [4.78, 5) is 24.7. The molecule has 1 aromatic carbocycles. The van der Waals surface area contributed by atoms with Gasteiger partial charge in [0, 0.05) is 29.0 Å². The second kappa shape index (κ2) is 11.3. The highest BCUT2D eigenvalue weighted by atomic mass is 35.5. The van der Waals surface area contributed by atoms with Crippen molar-refractivity contribution in [3.05, 3.63) is 46.3 Å². The molecule has 1 fully saturated rings. The van der Waals surface area contributed by atoms with E-state index in [0.29, 0.717) is 29.2 Å². The summed E-state index contributed by atoms with van der Waals surface area (Å²) in [5, 5.41) is 2.89. The van der Waals surface area contributed by atoms with Crippen molar-refractivity contribution in [3.63, 3.8) is 0 Å². The Morgan fingerprint density at radius 3 is 2.79 bits per heavy atom. The van der Waals surface area contributed by atoms with Crippen molar-refractivity contribution in [2.24, 2.45) is 0 Å². The van der Waals surface area contributed by atoms with E-state index in [0.717, 1.165) is 5.56 Å². The van der Waals surface area contributed by atoms with E-state index in [1.165, 1.54) is 23.9 Å². The van der Waals surface area contributed by atoms with Crippen LogP contribution in [0, 0.1) is 5.82 Å². The standard InChI is InChI=1S/C24H31ClFNO6S/c1-5-30-21(28)18-11-24(31-13-17(32-24)12-27-22(29)33-23(2,3)4)9-8-20(18)34-14-15-6-7-16(26)10-19(15)25/h6-7,10-11,17,20H,5,8-9,12-14H2,1-4H3,(H,27,29)/t17-,20?,24?/m1/s1. The predicted molar refractivity (Wildman–Crippen MR) is 128 cm³/mol. The van der Waals surface area contributed by atoms with Crippen molar-refractivity contribution in [2.75, 3.05) is 19.8 Å². The van der Waals surface area contributed by atoms with E-state index in [9.17, 15) is 14.0 Å². The lowest BCUT2D eigenvalue weighted by atomic mass is 9.94. The quantitative estimate of drug-likeness (QED) is 0.511. The number of amides is 1. The number of carbonyl (C=O) groups is 2. The fourth-order valence-electron chi connectivity index (χ4n) is 3.70. The minimum absolute atomic E-state index is 0.156. The third-order valence-electron chi connectivity index (χ3n) is 5.20. The molecule has 1 saturated heterocycles. The number of hydrogen-bond donors (Lipinski definition) is 1. The monoisotopic (exact) mass is 515 g/mol. The highest BCUT2D eigenvalue weighted by Gasteiger charge is 2.45. The van der Waals surface area contributed by atoms with Crippen LogP contribution in [0.4, 0.5) is 9.18 Å². The molecule has 0 radical (unpaired) electrons. The molecule has 10 heteroatoms. The largest absolute Gasteiger partial charge is 0.463 e. The Balaban J connectivity index is 1.66. The van der Waals surface area contributed by atoms with Gasteiger partial charge < -0.3 is 24.3 Å². The summed E-state index contributed by atoms with van der Waals surface area (Å²) in [6.07, 6.45) is 1.94. The molecule has 0 aromatic heterocycles. The molecule has 2 aliphatic rings. The van der Waals surface area contributed by atoms with Crippen LogP contribution in [-0.4, -0.2) is 54.6 Å². The Bertz CT molecular complexity index is 937. The lowest BCUT2D eigenvalue weighted by Crippen LogP contribution is -2.40. The molecule has 0 bridgehead atoms. The van der Waals surface area contributed by atoms with E-state index < -0.39 is 29.3 Å². The van der Waals surface area contributed by atoms with Gasteiger partial charge in [0.2, 0.25) is 0 Å². The maximum absolute atomic E-state index is 13.3. The van der Waals surface area contributed by atoms with Crippen molar-refractivity contribution in [3.8, 4) is 0 Å². The molecule has 2 unspecified atom stereocenters. The Labute approximate surface area is 208 Å². The molecule has 34 heavy (non-hydrogen) atoms. The summed E-state index contributed by atoms with van der Waals surface area (Å²) in [7, 11) is 0. The molecule has 0 saturated carbocycles. The molecule has 1 aliphatic carbocycles. The van der Waals surface area contributed by atoms with Gasteiger partial charge >= 0.3 is 12.1 Å². The molecule has 3 atom stereocenters. The Morgan fingerprint density at radius 2 is 2.12 bits per heavy atom. The number of rotatable bonds is 7. The highest BCUT2D eigenvalue weighted by Crippen LogP contribution is 2.41. The summed E-state index contributed by atoms with van der Waals surface area (Å²) >= 11 is 7.69. The lowest BCUT2D eigenvalue weighted by Gasteiger charge is -2.33. The van der Waals surface area contributed by atoms with E-state index in [1.54, 1.807) is 39.8 Å². The van der Waals surface area contributed by atoms with Crippen molar-refractivity contribution >= 4 is 35.4 Å². The van der Waals surface area contributed by atoms with Crippen LogP contribution < -0.4 is 5.32 Å². The van der Waals surface area contributed by atoms with Gasteiger partial charge in [-0.25, -0.2) is 14.0 Å². The third-order valence-corrected chi connectivity index (χ3v) is 6.92. The smallest absolute Gasteiger partial charge is 0.407 e. The number of hydrogen-bond acceptors (Lipinski definition) is 7. The molecule has 7 nitrogen and oxygen atoms in total. The summed E-state index contributed by atoms with van der Waals surface area (Å²) in [5.74, 6) is -1.35. The van der Waals surface area contributed by atoms with Gasteiger partial charge in [-0.15, -0.1) is 11.8 Å². The normalized spacial score (nSPS) is 24.6. The topological polar surface area (TPSA) is 83.1 Å². The first-order valence-corrected chi connectivity index (χ1v) is 12.7. The number of benzene rings is 1. The number of alkyl carbamates (subject to hydrolysis) is 1. The first kappa shape index (κ1) is 26.8. The molecule has 1 N–H and O–H groups in total. The first-order valence-electron chi connectivity index (χ1n) is 11.2. The zero-order valence-electron chi connectivity index (χ0n) is 19.8. The van der Waals surface area contributed by atoms with Gasteiger partial charge in [-0.05, 0) is 57.9 Å². The van der Waals surface area contributed by atoms with Gasteiger partial charge in [0.25, 0.3) is 0 Å². The van der Waals surface area contributed by atoms with Crippen LogP contribution in [-0.2, 0) is 29.5 Å². The summed E-state index contributed by atoms with van der Waals surface area (Å²) < 4.78 is 36.0. The van der Waals surface area contributed by atoms with Gasteiger partial charge in [-0.2, -0.15) is 0 Å². The van der Waals surface area contributed by atoms with Gasteiger partial charge in [-0.3, -0.25) is 0 Å². The molecule has 3 rings (SSSR count). The summed E-state index contributed by atoms with van der Waals surface area (Å²) in [5.41, 5.74) is 0.666. The number of nitrogens with one attached hydrogen (secondary N) is 1. The molecular formula is C24H31ClFNO6S. The van der Waals surface area contributed by atoms with Gasteiger partial charge in [0.15, 0.2) is 5.79 Å². The van der Waals surface area contributed by atoms with Crippen LogP contribution in [0.15, 0.2) is 29.8 Å². The Hall–Kier alpha value is -1.81. The maximum Gasteiger partial charge on any atom is 0.407 e. The maximum atomic E-state index is 13.3. The van der Waals surface area contributed by atoms with Crippen molar-refractivity contribution in [2.45, 2.75) is 69.0 Å². The number of esters is 1. The summed E-state index contributed by atoms with van der Waals surface area (Å²) in [6.45, 7) is 7.86. The SMILES string of the molecule is CCOC(=O)C1=CC2(CCC1SCc1ccc(F)cc1Cl)OC[C@@H](CNC(=O)OC(C)(C)C)O2. The van der Waals surface area contributed by atoms with E-state index in [-0.39, 0.29) is 31.1 Å². The van der Waals surface area contributed by atoms with Crippen LogP contribution in [0.2, 0.25) is 5.02 Å². The van der Waals surface area contributed by atoms with Crippen molar-refractivity contribution < 1.29 is 32.9 Å². The number of thioether (sulfide) groups is 1. The molecule has 1 amide bonds. The molecule has 1 spiro atoms. The average Bonchev–Trinajstić information content (AvgIpc) is 3.14. The molecule has 188 valence electrons. The Kier molecular flexibility index (Phi) is 8.89. The third kappa shape index (κ3) is 7.34. The van der Waals surface area contributed by atoms with E-state index in [4.69, 9.17) is 30.5 Å². The van der Waals surface area contributed by atoms with Gasteiger partial charge in [0.05, 0.1) is 18.8 Å². The lowest BCUT2D eigenvalue weighted by molar-refractivity contribution is -0.146. The first-order chi connectivity index (χ1) is 16.0. The van der Waals surface area contributed by atoms with Crippen molar-refractivity contribution in [1.82, 2.24) is 5.32 Å². The van der Waals surface area contributed by atoms with E-state index >= 15 is 0 Å².